The van der Waals surface area contributed by atoms with E-state index in [0.717, 1.165) is 0 Å². The zero-order valence-corrected chi connectivity index (χ0v) is 10.9. The molecule has 0 aliphatic carbocycles. The van der Waals surface area contributed by atoms with Gasteiger partial charge in [-0.05, 0) is 30.7 Å². The molecular formula is C13H19N3O2. The molecule has 0 saturated heterocycles. The lowest BCUT2D eigenvalue weighted by Crippen LogP contribution is -2.34. The molecule has 0 spiro atoms. The molecule has 18 heavy (non-hydrogen) atoms. The second kappa shape index (κ2) is 6.16. The standard InChI is InChI=1S/C13H19N3O2/c1-4-11(14)12(17)15-10-7-5-9(6-8-10)13(18)16(2)3/h5-8,11H,4,14H2,1-3H3,(H,15,17)/t11-/m1/s1. The van der Waals surface area contributed by atoms with Crippen LogP contribution in [0.25, 0.3) is 0 Å². The average Bonchev–Trinajstić information content (AvgIpc) is 2.37. The van der Waals surface area contributed by atoms with E-state index >= 15 is 0 Å². The van der Waals surface area contributed by atoms with Crippen molar-refractivity contribution in [2.45, 2.75) is 19.4 Å². The molecule has 0 saturated carbocycles. The number of hydrogen-bond acceptors (Lipinski definition) is 3. The Bertz CT molecular complexity index is 426. The highest BCUT2D eigenvalue weighted by Gasteiger charge is 2.11. The number of nitrogens with two attached hydrogens (primary N) is 1. The molecule has 2 amide bonds. The van der Waals surface area contributed by atoms with Crippen molar-refractivity contribution in [1.29, 1.82) is 0 Å². The molecule has 5 nitrogen and oxygen atoms in total. The number of nitrogens with zero attached hydrogens (tertiary/aromatic N) is 1. The van der Waals surface area contributed by atoms with Crippen molar-refractivity contribution >= 4 is 17.5 Å². The third kappa shape index (κ3) is 3.56. The maximum absolute atomic E-state index is 11.7. The first-order chi connectivity index (χ1) is 8.45. The lowest BCUT2D eigenvalue weighted by Gasteiger charge is -2.12. The normalized spacial score (nSPS) is 11.8. The smallest absolute Gasteiger partial charge is 0.253 e. The van der Waals surface area contributed by atoms with Gasteiger partial charge in [-0.25, -0.2) is 0 Å². The molecule has 0 aliphatic heterocycles. The van der Waals surface area contributed by atoms with Crippen LogP contribution < -0.4 is 11.1 Å². The number of carbonyl (C=O) groups excluding carboxylic acids is 2. The Balaban J connectivity index is 2.72. The largest absolute Gasteiger partial charge is 0.345 e. The maximum Gasteiger partial charge on any atom is 0.253 e. The van der Waals surface area contributed by atoms with Gasteiger partial charge in [-0.3, -0.25) is 9.59 Å². The lowest BCUT2D eigenvalue weighted by atomic mass is 10.1. The molecule has 0 aliphatic rings. The van der Waals surface area contributed by atoms with Crippen LogP contribution in [0.5, 0.6) is 0 Å². The minimum absolute atomic E-state index is 0.0712. The zero-order valence-electron chi connectivity index (χ0n) is 10.9. The van der Waals surface area contributed by atoms with Crippen molar-refractivity contribution in [3.63, 3.8) is 0 Å². The SMILES string of the molecule is CC[C@@H](N)C(=O)Nc1ccc(C(=O)N(C)C)cc1. The number of carbonyl (C=O) groups is 2. The predicted molar refractivity (Wildman–Crippen MR) is 71.4 cm³/mol. The van der Waals surface area contributed by atoms with Crippen molar-refractivity contribution in [3.05, 3.63) is 29.8 Å². The van der Waals surface area contributed by atoms with Gasteiger partial charge in [0.15, 0.2) is 0 Å². The first-order valence-electron chi connectivity index (χ1n) is 5.84. The molecule has 0 radical (unpaired) electrons. The van der Waals surface area contributed by atoms with E-state index in [1.54, 1.807) is 38.4 Å². The van der Waals surface area contributed by atoms with Crippen LogP contribution in [0.3, 0.4) is 0 Å². The van der Waals surface area contributed by atoms with Gasteiger partial charge in [0.1, 0.15) is 0 Å². The number of benzene rings is 1. The molecule has 1 aromatic carbocycles. The third-order valence-corrected chi connectivity index (χ3v) is 2.58. The highest BCUT2D eigenvalue weighted by atomic mass is 16.2. The van der Waals surface area contributed by atoms with Gasteiger partial charge < -0.3 is 16.0 Å². The van der Waals surface area contributed by atoms with Gasteiger partial charge in [0.05, 0.1) is 6.04 Å². The summed E-state index contributed by atoms with van der Waals surface area (Å²) in [6.45, 7) is 1.85. The second-order valence-electron chi connectivity index (χ2n) is 4.28. The first-order valence-corrected chi connectivity index (χ1v) is 5.84. The van der Waals surface area contributed by atoms with Gasteiger partial charge in [0.2, 0.25) is 5.91 Å². The van der Waals surface area contributed by atoms with Crippen molar-refractivity contribution in [2.24, 2.45) is 5.73 Å². The third-order valence-electron chi connectivity index (χ3n) is 2.58. The van der Waals surface area contributed by atoms with E-state index in [2.05, 4.69) is 5.32 Å². The van der Waals surface area contributed by atoms with Gasteiger partial charge in [0, 0.05) is 25.3 Å². The Morgan fingerprint density at radius 3 is 2.28 bits per heavy atom. The van der Waals surface area contributed by atoms with Gasteiger partial charge >= 0.3 is 0 Å². The van der Waals surface area contributed by atoms with Crippen LogP contribution in [0.2, 0.25) is 0 Å². The van der Waals surface area contributed by atoms with E-state index in [1.165, 1.54) is 4.90 Å². The number of rotatable bonds is 4. The molecule has 0 heterocycles. The topological polar surface area (TPSA) is 75.4 Å². The van der Waals surface area contributed by atoms with Gasteiger partial charge in [-0.1, -0.05) is 6.92 Å². The predicted octanol–water partition coefficient (Wildman–Crippen LogP) is 1.06. The average molecular weight is 249 g/mol. The summed E-state index contributed by atoms with van der Waals surface area (Å²) in [6.07, 6.45) is 0.586. The molecular weight excluding hydrogens is 230 g/mol. The number of anilines is 1. The summed E-state index contributed by atoms with van der Waals surface area (Å²) in [5, 5.41) is 2.70. The fraction of sp³-hybridized carbons (Fsp3) is 0.385. The summed E-state index contributed by atoms with van der Waals surface area (Å²) < 4.78 is 0. The summed E-state index contributed by atoms with van der Waals surface area (Å²) in [5.41, 5.74) is 6.83. The van der Waals surface area contributed by atoms with Crippen molar-refractivity contribution in [3.8, 4) is 0 Å². The van der Waals surface area contributed by atoms with Crippen LogP contribution in [-0.4, -0.2) is 36.9 Å². The van der Waals surface area contributed by atoms with E-state index < -0.39 is 6.04 Å². The van der Waals surface area contributed by atoms with Crippen LogP contribution in [0.1, 0.15) is 23.7 Å². The number of hydrogen-bond donors (Lipinski definition) is 2. The van der Waals surface area contributed by atoms with E-state index in [-0.39, 0.29) is 11.8 Å². The Hall–Kier alpha value is -1.88. The highest BCUT2D eigenvalue weighted by Crippen LogP contribution is 2.11. The lowest BCUT2D eigenvalue weighted by molar-refractivity contribution is -0.117. The molecule has 98 valence electrons. The number of nitrogens with one attached hydrogen (secondary N) is 1. The Morgan fingerprint density at radius 1 is 1.28 bits per heavy atom. The zero-order chi connectivity index (χ0) is 13.7. The number of amides is 2. The van der Waals surface area contributed by atoms with E-state index in [9.17, 15) is 9.59 Å². The molecule has 0 unspecified atom stereocenters. The van der Waals surface area contributed by atoms with Crippen LogP contribution in [0.15, 0.2) is 24.3 Å². The molecule has 0 aromatic heterocycles. The second-order valence-corrected chi connectivity index (χ2v) is 4.28. The first kappa shape index (κ1) is 14.2. The van der Waals surface area contributed by atoms with Crippen molar-refractivity contribution in [1.82, 2.24) is 4.90 Å². The Labute approximate surface area is 107 Å². The fourth-order valence-electron chi connectivity index (χ4n) is 1.37. The Morgan fingerprint density at radius 2 is 1.83 bits per heavy atom. The van der Waals surface area contributed by atoms with Crippen molar-refractivity contribution < 1.29 is 9.59 Å². The monoisotopic (exact) mass is 249 g/mol. The molecule has 1 atom stereocenters. The minimum atomic E-state index is -0.506. The fourth-order valence-corrected chi connectivity index (χ4v) is 1.37. The summed E-state index contributed by atoms with van der Waals surface area (Å²) >= 11 is 0. The minimum Gasteiger partial charge on any atom is -0.345 e. The van der Waals surface area contributed by atoms with E-state index in [1.807, 2.05) is 6.92 Å². The summed E-state index contributed by atoms with van der Waals surface area (Å²) in [7, 11) is 3.39. The maximum atomic E-state index is 11.7. The molecule has 1 rings (SSSR count). The summed E-state index contributed by atoms with van der Waals surface area (Å²) in [6, 6.07) is 6.23. The molecule has 0 bridgehead atoms. The molecule has 5 heteroatoms. The van der Waals surface area contributed by atoms with Gasteiger partial charge in [-0.15, -0.1) is 0 Å². The van der Waals surface area contributed by atoms with Crippen LogP contribution in [0, 0.1) is 0 Å². The summed E-state index contributed by atoms with van der Waals surface area (Å²) in [5.74, 6) is -0.290. The van der Waals surface area contributed by atoms with Crippen LogP contribution in [0.4, 0.5) is 5.69 Å². The van der Waals surface area contributed by atoms with Gasteiger partial charge in [0.25, 0.3) is 5.91 Å². The summed E-state index contributed by atoms with van der Waals surface area (Å²) in [4.78, 5) is 24.7. The highest BCUT2D eigenvalue weighted by molar-refractivity contribution is 5.96. The molecule has 1 aromatic rings. The quantitative estimate of drug-likeness (QED) is 0.838. The van der Waals surface area contributed by atoms with E-state index in [4.69, 9.17) is 5.73 Å². The van der Waals surface area contributed by atoms with E-state index in [0.29, 0.717) is 17.7 Å². The molecule has 3 N–H and O–H groups in total. The van der Waals surface area contributed by atoms with Crippen LogP contribution in [-0.2, 0) is 4.79 Å². The Kier molecular flexibility index (Phi) is 4.85. The molecule has 0 fully saturated rings. The van der Waals surface area contributed by atoms with Crippen LogP contribution >= 0.6 is 0 Å². The van der Waals surface area contributed by atoms with Crippen molar-refractivity contribution in [2.75, 3.05) is 19.4 Å². The van der Waals surface area contributed by atoms with Gasteiger partial charge in [-0.2, -0.15) is 0 Å².